The van der Waals surface area contributed by atoms with Crippen molar-refractivity contribution < 1.29 is 12.9 Å². The Labute approximate surface area is 40.7 Å². The molecule has 0 aromatic rings. The van der Waals surface area contributed by atoms with Crippen LogP contribution < -0.4 is 0 Å². The molecule has 0 nitrogen and oxygen atoms in total. The lowest BCUT2D eigenvalue weighted by Crippen LogP contribution is -1.98. The van der Waals surface area contributed by atoms with Crippen molar-refractivity contribution >= 4 is 27.2 Å². The van der Waals surface area contributed by atoms with Crippen molar-refractivity contribution in [3.8, 4) is 0 Å². The van der Waals surface area contributed by atoms with Crippen molar-refractivity contribution in [3.63, 3.8) is 0 Å². The van der Waals surface area contributed by atoms with Gasteiger partial charge in [0.05, 0.1) is 0 Å². The van der Waals surface area contributed by atoms with Gasteiger partial charge in [-0.1, -0.05) is 0 Å². The van der Waals surface area contributed by atoms with Crippen LogP contribution in [0.25, 0.3) is 0 Å². The van der Waals surface area contributed by atoms with Crippen LogP contribution in [0.3, 0.4) is 0 Å². The van der Waals surface area contributed by atoms with Crippen molar-refractivity contribution in [2.24, 2.45) is 0 Å². The van der Waals surface area contributed by atoms with Gasteiger partial charge in [0.15, 0.2) is 0 Å². The van der Waals surface area contributed by atoms with Gasteiger partial charge in [0.25, 0.3) is 0 Å². The maximum atomic E-state index is 10.4. The summed E-state index contributed by atoms with van der Waals surface area (Å²) in [7, 11) is 0. The van der Waals surface area contributed by atoms with Crippen molar-refractivity contribution in [1.29, 1.82) is 0 Å². The third-order valence-electron chi connectivity index (χ3n) is 0. The quantitative estimate of drug-likeness (QED) is 0.407. The summed E-state index contributed by atoms with van der Waals surface area (Å²) in [4.78, 5) is -4.53. The molecule has 0 saturated carbocycles. The van der Waals surface area contributed by atoms with Crippen LogP contribution in [-0.4, -0.2) is 4.83 Å². The Balaban J connectivity index is 3.02. The number of hydrogen-bond donors (Lipinski definition) is 0. The van der Waals surface area contributed by atoms with Crippen molar-refractivity contribution in [2.45, 2.75) is 0 Å². The molecule has 0 aromatic carbocycles. The molecule has 0 heterocycles. The topological polar surface area (TPSA) is 0 Å². The summed E-state index contributed by atoms with van der Waals surface area (Å²) in [5.41, 5.74) is 0. The van der Waals surface area contributed by atoms with Gasteiger partial charge in [0.1, 0.15) is 0 Å². The Kier molecular flexibility index (Phi) is 1.52. The first-order valence-corrected chi connectivity index (χ1v) is 2.12. The van der Waals surface area contributed by atoms with E-state index in [-0.39, 0.29) is 0 Å². The highest BCUT2D eigenvalue weighted by Gasteiger charge is 2.13. The standard InChI is InChI=1S/BF3I/c2-1(3,4)5/q-1. The summed E-state index contributed by atoms with van der Waals surface area (Å²) in [6.07, 6.45) is 0. The predicted molar refractivity (Wildman–Crippen MR) is 23.1 cm³/mol. The normalized spacial score (nSPS) is 12.0. The van der Waals surface area contributed by atoms with Gasteiger partial charge in [0.2, 0.25) is 0 Å². The summed E-state index contributed by atoms with van der Waals surface area (Å²) >= 11 is 0.440. The van der Waals surface area contributed by atoms with Gasteiger partial charge in [-0.3, -0.25) is 0 Å². The average molecular weight is 195 g/mol. The maximum Gasteiger partial charge on any atom is 0.541 e. The maximum absolute atomic E-state index is 10.4. The van der Waals surface area contributed by atoms with E-state index in [1.54, 1.807) is 0 Å². The minimum Gasteiger partial charge on any atom is -0.440 e. The molecular formula is BF3I-. The van der Waals surface area contributed by atoms with Crippen LogP contribution in [-0.2, 0) is 0 Å². The Morgan fingerprint density at radius 2 is 1.20 bits per heavy atom. The van der Waals surface area contributed by atoms with Crippen LogP contribution in [0.5, 0.6) is 0 Å². The van der Waals surface area contributed by atoms with Crippen LogP contribution in [0.15, 0.2) is 0 Å². The van der Waals surface area contributed by atoms with Gasteiger partial charge in [-0.05, 0) is 0 Å². The molecule has 0 rings (SSSR count). The minimum absolute atomic E-state index is 0.440. The van der Waals surface area contributed by atoms with E-state index in [2.05, 4.69) is 0 Å². The molecule has 0 bridgehead atoms. The third-order valence-corrected chi connectivity index (χ3v) is 0. The van der Waals surface area contributed by atoms with E-state index < -0.39 is 4.83 Å². The van der Waals surface area contributed by atoms with Gasteiger partial charge < -0.3 is 12.9 Å². The second kappa shape index (κ2) is 1.36. The molecule has 0 fully saturated rings. The number of halogens is 4. The fourth-order valence-electron chi connectivity index (χ4n) is 0. The smallest absolute Gasteiger partial charge is 0.440 e. The molecule has 5 heavy (non-hydrogen) atoms. The molecule has 0 unspecified atom stereocenters. The molecule has 0 spiro atoms. The van der Waals surface area contributed by atoms with Gasteiger partial charge in [0, 0.05) is 0 Å². The van der Waals surface area contributed by atoms with Crippen LogP contribution in [0.4, 0.5) is 12.9 Å². The van der Waals surface area contributed by atoms with E-state index in [0.29, 0.717) is 22.4 Å². The predicted octanol–water partition coefficient (Wildman–Crippen LogP) is 1.77. The molecule has 0 radical (unpaired) electrons. The lowest BCUT2D eigenvalue weighted by Gasteiger charge is -1.98. The van der Waals surface area contributed by atoms with Crippen LogP contribution >= 0.6 is 22.4 Å². The highest BCUT2D eigenvalue weighted by molar-refractivity contribution is 14.1. The van der Waals surface area contributed by atoms with Crippen LogP contribution in [0.2, 0.25) is 0 Å². The van der Waals surface area contributed by atoms with Gasteiger partial charge in [-0.25, -0.2) is 22.4 Å². The van der Waals surface area contributed by atoms with Crippen LogP contribution in [0, 0.1) is 0 Å². The van der Waals surface area contributed by atoms with E-state index >= 15 is 0 Å². The van der Waals surface area contributed by atoms with E-state index in [1.165, 1.54) is 0 Å². The molecule has 0 aliphatic rings. The molecule has 0 aromatic heterocycles. The zero-order valence-corrected chi connectivity index (χ0v) is 4.25. The monoisotopic (exact) mass is 195 g/mol. The molecule has 0 aliphatic heterocycles. The molecule has 0 saturated heterocycles. The Bertz CT molecular complexity index is 22.4. The summed E-state index contributed by atoms with van der Waals surface area (Å²) in [6, 6.07) is 0. The zero-order valence-electron chi connectivity index (χ0n) is 2.09. The molecule has 0 N–H and O–H groups in total. The van der Waals surface area contributed by atoms with Gasteiger partial charge in [-0.15, -0.1) is 0 Å². The minimum atomic E-state index is -4.53. The van der Waals surface area contributed by atoms with E-state index in [0.717, 1.165) is 0 Å². The molecule has 5 heteroatoms. The third kappa shape index (κ3) is 89.5. The Hall–Kier alpha value is 0.585. The van der Waals surface area contributed by atoms with Crippen LogP contribution in [0.1, 0.15) is 0 Å². The Morgan fingerprint density at radius 1 is 1.20 bits per heavy atom. The summed E-state index contributed by atoms with van der Waals surface area (Å²) in [5.74, 6) is 0. The first-order chi connectivity index (χ1) is 2.00. The summed E-state index contributed by atoms with van der Waals surface area (Å²) in [5, 5.41) is 0. The summed E-state index contributed by atoms with van der Waals surface area (Å²) < 4.78 is 31.2. The fourth-order valence-corrected chi connectivity index (χ4v) is 0. The molecule has 32 valence electrons. The molecule has 0 aliphatic carbocycles. The number of rotatable bonds is 0. The van der Waals surface area contributed by atoms with E-state index in [9.17, 15) is 12.9 Å². The van der Waals surface area contributed by atoms with Crippen molar-refractivity contribution in [2.75, 3.05) is 0 Å². The Morgan fingerprint density at radius 3 is 1.20 bits per heavy atom. The lowest BCUT2D eigenvalue weighted by molar-refractivity contribution is 0.528. The zero-order chi connectivity index (χ0) is 4.50. The van der Waals surface area contributed by atoms with Crippen molar-refractivity contribution in [1.82, 2.24) is 0 Å². The number of hydrogen-bond acceptors (Lipinski definition) is 0. The molecular weight excluding hydrogens is 195 g/mol. The second-order valence-electron chi connectivity index (χ2n) is 0.495. The largest absolute Gasteiger partial charge is 0.541 e. The van der Waals surface area contributed by atoms with Crippen molar-refractivity contribution in [3.05, 3.63) is 0 Å². The van der Waals surface area contributed by atoms with Gasteiger partial charge in [-0.2, -0.15) is 0 Å². The SMILES string of the molecule is F[B-](F)(F)I. The second-order valence-corrected chi connectivity index (χ2v) is 1.91. The molecule has 0 amide bonds. The highest BCUT2D eigenvalue weighted by Crippen LogP contribution is 2.15. The first-order valence-electron chi connectivity index (χ1n) is 0.873. The molecule has 0 atom stereocenters. The van der Waals surface area contributed by atoms with E-state index in [4.69, 9.17) is 0 Å². The first kappa shape index (κ1) is 5.58. The average Bonchev–Trinajstić information content (AvgIpc) is 0.722. The fraction of sp³-hybridized carbons (Fsp3) is 0. The van der Waals surface area contributed by atoms with E-state index in [1.807, 2.05) is 0 Å². The lowest BCUT2D eigenvalue weighted by atomic mass is 10.5. The van der Waals surface area contributed by atoms with Gasteiger partial charge >= 0.3 is 4.83 Å². The highest BCUT2D eigenvalue weighted by atomic mass is 127. The summed E-state index contributed by atoms with van der Waals surface area (Å²) in [6.45, 7) is 0.